The summed E-state index contributed by atoms with van der Waals surface area (Å²) in [6.45, 7) is 2.94. The molecule has 0 spiro atoms. The zero-order chi connectivity index (χ0) is 23.1. The molecule has 0 unspecified atom stereocenters. The van der Waals surface area contributed by atoms with E-state index in [1.54, 1.807) is 61.5 Å². The Morgan fingerprint density at radius 3 is 2.41 bits per heavy atom. The van der Waals surface area contributed by atoms with Gasteiger partial charge in [0, 0.05) is 25.4 Å². The minimum atomic E-state index is -0.311. The van der Waals surface area contributed by atoms with Gasteiger partial charge in [-0.15, -0.1) is 0 Å². The molecule has 1 saturated heterocycles. The van der Waals surface area contributed by atoms with Crippen molar-refractivity contribution in [1.82, 2.24) is 9.47 Å². The van der Waals surface area contributed by atoms with Crippen LogP contribution in [0.1, 0.15) is 25.3 Å². The van der Waals surface area contributed by atoms with Crippen molar-refractivity contribution in [3.8, 4) is 11.5 Å². The third-order valence-electron chi connectivity index (χ3n) is 5.41. The summed E-state index contributed by atoms with van der Waals surface area (Å²) in [5.74, 6) is 0.367. The summed E-state index contributed by atoms with van der Waals surface area (Å²) in [6.07, 6.45) is 4.27. The topological polar surface area (TPSA) is 87.1 Å². The molecule has 1 aromatic carbocycles. The Balaban J connectivity index is 1.92. The van der Waals surface area contributed by atoms with Gasteiger partial charge in [-0.1, -0.05) is 12.1 Å². The summed E-state index contributed by atoms with van der Waals surface area (Å²) in [4.78, 5) is 39.7. The molecule has 0 atom stereocenters. The third kappa shape index (κ3) is 5.19. The molecule has 2 heterocycles. The number of likely N-dealkylation sites (tertiary alicyclic amines) is 1. The maximum Gasteiger partial charge on any atom is 0.309 e. The Morgan fingerprint density at radius 2 is 1.78 bits per heavy atom. The maximum atomic E-state index is 13.5. The van der Waals surface area contributed by atoms with Gasteiger partial charge in [-0.25, -0.2) is 0 Å². The Bertz CT molecular complexity index is 1050. The second-order valence-corrected chi connectivity index (χ2v) is 7.37. The largest absolute Gasteiger partial charge is 0.493 e. The first-order chi connectivity index (χ1) is 15.5. The van der Waals surface area contributed by atoms with E-state index < -0.39 is 0 Å². The third-order valence-corrected chi connectivity index (χ3v) is 5.41. The molecule has 32 heavy (non-hydrogen) atoms. The van der Waals surface area contributed by atoms with Crippen LogP contribution in [0.5, 0.6) is 11.5 Å². The second-order valence-electron chi connectivity index (χ2n) is 7.37. The first kappa shape index (κ1) is 23.1. The second kappa shape index (κ2) is 10.7. The number of pyridine rings is 1. The average molecular weight is 440 g/mol. The standard InChI is InChI=1S/C24H28N2O6/c1-4-32-24(29)18-10-13-25(14-11-18)23(28)19(26-12-6-5-7-22(26)27)15-17-8-9-20(30-2)21(16-17)31-3/h5-9,12,15-16,18H,4,10-11,13-14H2,1-3H3. The van der Waals surface area contributed by atoms with Gasteiger partial charge < -0.3 is 19.1 Å². The molecule has 0 N–H and O–H groups in total. The highest BCUT2D eigenvalue weighted by atomic mass is 16.5. The van der Waals surface area contributed by atoms with Gasteiger partial charge in [0.2, 0.25) is 0 Å². The highest BCUT2D eigenvalue weighted by molar-refractivity contribution is 6.18. The lowest BCUT2D eigenvalue weighted by Gasteiger charge is -2.31. The van der Waals surface area contributed by atoms with Crippen LogP contribution >= 0.6 is 0 Å². The fourth-order valence-corrected chi connectivity index (χ4v) is 3.70. The van der Waals surface area contributed by atoms with Crippen molar-refractivity contribution in [3.05, 3.63) is 58.5 Å². The summed E-state index contributed by atoms with van der Waals surface area (Å²) in [5, 5.41) is 0. The van der Waals surface area contributed by atoms with Gasteiger partial charge in [0.05, 0.1) is 26.7 Å². The smallest absolute Gasteiger partial charge is 0.309 e. The highest BCUT2D eigenvalue weighted by Gasteiger charge is 2.30. The minimum Gasteiger partial charge on any atom is -0.493 e. The van der Waals surface area contributed by atoms with Gasteiger partial charge in [0.15, 0.2) is 11.5 Å². The number of esters is 1. The Labute approximate surface area is 187 Å². The SMILES string of the molecule is CCOC(=O)C1CCN(C(=O)C(=Cc2ccc(OC)c(OC)c2)n2ccccc2=O)CC1. The average Bonchev–Trinajstić information content (AvgIpc) is 2.82. The predicted octanol–water partition coefficient (Wildman–Crippen LogP) is 2.67. The van der Waals surface area contributed by atoms with Gasteiger partial charge in [0.1, 0.15) is 5.70 Å². The molecule has 0 aliphatic carbocycles. The van der Waals surface area contributed by atoms with E-state index in [-0.39, 0.29) is 29.1 Å². The Hall–Kier alpha value is -3.55. The van der Waals surface area contributed by atoms with E-state index in [1.165, 1.54) is 17.7 Å². The van der Waals surface area contributed by atoms with Gasteiger partial charge in [-0.3, -0.25) is 19.0 Å². The van der Waals surface area contributed by atoms with E-state index in [0.29, 0.717) is 49.6 Å². The molecule has 0 saturated carbocycles. The number of carbonyl (C=O) groups is 2. The van der Waals surface area contributed by atoms with Gasteiger partial charge in [-0.2, -0.15) is 0 Å². The van der Waals surface area contributed by atoms with Crippen LogP contribution in [0.25, 0.3) is 11.8 Å². The molecule has 0 bridgehead atoms. The highest BCUT2D eigenvalue weighted by Crippen LogP contribution is 2.29. The number of ether oxygens (including phenoxy) is 3. The number of nitrogens with zero attached hydrogens (tertiary/aromatic N) is 2. The number of piperidine rings is 1. The summed E-state index contributed by atoms with van der Waals surface area (Å²) in [6, 6.07) is 10.0. The van der Waals surface area contributed by atoms with Crippen LogP contribution in [-0.2, 0) is 14.3 Å². The van der Waals surface area contributed by atoms with E-state index in [1.807, 2.05) is 0 Å². The molecule has 2 aromatic rings. The molecule has 8 nitrogen and oxygen atoms in total. The van der Waals surface area contributed by atoms with Gasteiger partial charge in [-0.05, 0) is 49.6 Å². The monoisotopic (exact) mass is 440 g/mol. The van der Waals surface area contributed by atoms with Crippen molar-refractivity contribution in [2.24, 2.45) is 5.92 Å². The molecule has 1 aromatic heterocycles. The van der Waals surface area contributed by atoms with E-state index in [2.05, 4.69) is 0 Å². The number of aromatic nitrogens is 1. The predicted molar refractivity (Wildman–Crippen MR) is 120 cm³/mol. The quantitative estimate of drug-likeness (QED) is 0.486. The van der Waals surface area contributed by atoms with Gasteiger partial charge in [0.25, 0.3) is 11.5 Å². The van der Waals surface area contributed by atoms with Crippen LogP contribution < -0.4 is 15.0 Å². The van der Waals surface area contributed by atoms with Crippen molar-refractivity contribution in [3.63, 3.8) is 0 Å². The first-order valence-electron chi connectivity index (χ1n) is 10.6. The lowest BCUT2D eigenvalue weighted by Crippen LogP contribution is -2.42. The molecular formula is C24H28N2O6. The fourth-order valence-electron chi connectivity index (χ4n) is 3.70. The van der Waals surface area contributed by atoms with Crippen molar-refractivity contribution >= 4 is 23.6 Å². The van der Waals surface area contributed by atoms with Crippen molar-refractivity contribution in [1.29, 1.82) is 0 Å². The minimum absolute atomic E-state index is 0.211. The summed E-state index contributed by atoms with van der Waals surface area (Å²) < 4.78 is 17.1. The summed E-state index contributed by atoms with van der Waals surface area (Å²) in [5.41, 5.74) is 0.592. The summed E-state index contributed by atoms with van der Waals surface area (Å²) >= 11 is 0. The molecule has 0 radical (unpaired) electrons. The van der Waals surface area contributed by atoms with Crippen LogP contribution in [0.3, 0.4) is 0 Å². The molecule has 1 fully saturated rings. The summed E-state index contributed by atoms with van der Waals surface area (Å²) in [7, 11) is 3.08. The van der Waals surface area contributed by atoms with Crippen LogP contribution in [0.15, 0.2) is 47.4 Å². The molecule has 1 amide bonds. The number of carbonyl (C=O) groups excluding carboxylic acids is 2. The Kier molecular flexibility index (Phi) is 7.70. The lowest BCUT2D eigenvalue weighted by molar-refractivity contribution is -0.150. The van der Waals surface area contributed by atoms with E-state index in [9.17, 15) is 14.4 Å². The normalized spacial score (nSPS) is 14.7. The van der Waals surface area contributed by atoms with E-state index in [4.69, 9.17) is 14.2 Å². The number of hydrogen-bond acceptors (Lipinski definition) is 6. The van der Waals surface area contributed by atoms with Crippen LogP contribution in [0, 0.1) is 5.92 Å². The zero-order valence-corrected chi connectivity index (χ0v) is 18.6. The first-order valence-corrected chi connectivity index (χ1v) is 10.6. The van der Waals surface area contributed by atoms with Crippen LogP contribution in [0.4, 0.5) is 0 Å². The molecular weight excluding hydrogens is 412 g/mol. The number of methoxy groups -OCH3 is 2. The number of hydrogen-bond donors (Lipinski definition) is 0. The van der Waals surface area contributed by atoms with Crippen molar-refractivity contribution < 1.29 is 23.8 Å². The molecule has 1 aliphatic heterocycles. The van der Waals surface area contributed by atoms with Gasteiger partial charge >= 0.3 is 5.97 Å². The van der Waals surface area contributed by atoms with Crippen LogP contribution in [0.2, 0.25) is 0 Å². The molecule has 1 aliphatic rings. The number of rotatable bonds is 7. The van der Waals surface area contributed by atoms with E-state index >= 15 is 0 Å². The Morgan fingerprint density at radius 1 is 1.06 bits per heavy atom. The van der Waals surface area contributed by atoms with Crippen molar-refractivity contribution in [2.45, 2.75) is 19.8 Å². The maximum absolute atomic E-state index is 13.5. The molecule has 8 heteroatoms. The van der Waals surface area contributed by atoms with Crippen LogP contribution in [-0.4, -0.2) is 55.3 Å². The number of amides is 1. The molecule has 3 rings (SSSR count). The molecule has 170 valence electrons. The number of benzene rings is 1. The van der Waals surface area contributed by atoms with E-state index in [0.717, 1.165) is 0 Å². The van der Waals surface area contributed by atoms with Crippen molar-refractivity contribution in [2.75, 3.05) is 33.9 Å². The fraction of sp³-hybridized carbons (Fsp3) is 0.375. The lowest BCUT2D eigenvalue weighted by atomic mass is 9.96. The zero-order valence-electron chi connectivity index (χ0n) is 18.6.